The zero-order valence-electron chi connectivity index (χ0n) is 36.1. The molecule has 5 aromatic heterocycles. The Morgan fingerprint density at radius 3 is 1.62 bits per heavy atom. The lowest BCUT2D eigenvalue weighted by Gasteiger charge is -2.17. The van der Waals surface area contributed by atoms with Crippen LogP contribution < -0.4 is 0 Å². The molecular weight excluding hydrogens is 869 g/mol. The fraction of sp³-hybridized carbons (Fsp3) is 0. The summed E-state index contributed by atoms with van der Waals surface area (Å²) in [5, 5.41) is 11.7. The number of fused-ring (bicyclic) bond motifs is 13. The summed E-state index contributed by atoms with van der Waals surface area (Å²) in [5.41, 5.74) is 9.80. The lowest BCUT2D eigenvalue weighted by Crippen LogP contribution is -2.02. The summed E-state index contributed by atoms with van der Waals surface area (Å²) in [6.07, 6.45) is 0. The van der Waals surface area contributed by atoms with Gasteiger partial charge in [-0.05, 0) is 77.5 Å². The van der Waals surface area contributed by atoms with Gasteiger partial charge in [0.1, 0.15) is 11.2 Å². The molecule has 7 heteroatoms. The Hall–Kier alpha value is -8.49. The maximum absolute atomic E-state index is 6.83. The zero-order valence-corrected chi connectivity index (χ0v) is 37.8. The van der Waals surface area contributed by atoms with Gasteiger partial charge in [0.25, 0.3) is 0 Å². The molecule has 0 aliphatic carbocycles. The van der Waals surface area contributed by atoms with Gasteiger partial charge in [-0.15, -0.1) is 22.7 Å². The molecule has 0 aliphatic rings. The molecule has 68 heavy (non-hydrogen) atoms. The minimum Gasteiger partial charge on any atom is -0.455 e. The van der Waals surface area contributed by atoms with Gasteiger partial charge in [-0.25, -0.2) is 15.0 Å². The largest absolute Gasteiger partial charge is 0.455 e. The van der Waals surface area contributed by atoms with Crippen molar-refractivity contribution in [2.45, 2.75) is 0 Å². The molecule has 10 aromatic carbocycles. The molecule has 0 spiro atoms. The molecule has 0 atom stereocenters. The average Bonchev–Trinajstić information content (AvgIpc) is 4.17. The maximum Gasteiger partial charge on any atom is 0.164 e. The lowest BCUT2D eigenvalue weighted by molar-refractivity contribution is 0.670. The Morgan fingerprint density at radius 1 is 0.353 bits per heavy atom. The molecule has 5 nitrogen and oxygen atoms in total. The monoisotopic (exact) mass is 902 g/mol. The topological polar surface area (TPSA) is 56.7 Å². The predicted octanol–water partition coefficient (Wildman–Crippen LogP) is 17.4. The molecule has 15 rings (SSSR count). The summed E-state index contributed by atoms with van der Waals surface area (Å²) in [5.74, 6) is 1.86. The fourth-order valence-corrected chi connectivity index (χ4v) is 12.9. The second-order valence-electron chi connectivity index (χ2n) is 17.4. The zero-order chi connectivity index (χ0) is 44.5. The summed E-state index contributed by atoms with van der Waals surface area (Å²) in [6, 6.07) is 73.7. The minimum atomic E-state index is 0.593. The third-order valence-corrected chi connectivity index (χ3v) is 15.9. The first-order valence-electron chi connectivity index (χ1n) is 22.7. The number of para-hydroxylation sites is 3. The highest BCUT2D eigenvalue weighted by Crippen LogP contribution is 2.45. The number of nitrogens with zero attached hydrogens (tertiary/aromatic N) is 4. The van der Waals surface area contributed by atoms with Crippen molar-refractivity contribution in [1.82, 2.24) is 19.5 Å². The van der Waals surface area contributed by atoms with Crippen LogP contribution >= 0.6 is 22.7 Å². The summed E-state index contributed by atoms with van der Waals surface area (Å²) < 4.78 is 14.1. The average molecular weight is 903 g/mol. The quantitative estimate of drug-likeness (QED) is 0.173. The number of hydrogen-bond donors (Lipinski definition) is 0. The Morgan fingerprint density at radius 2 is 0.897 bits per heavy atom. The lowest BCUT2D eigenvalue weighted by atomic mass is 9.97. The number of furan rings is 1. The van der Waals surface area contributed by atoms with E-state index >= 15 is 0 Å². The summed E-state index contributed by atoms with van der Waals surface area (Å²) in [4.78, 5) is 16.4. The standard InChI is InChI=1S/C61H34N4OS2/c1-2-15-36-34-50-46(32-35(36)14-1)38-16-3-7-24-48(38)65(50)49-31-30-37(33-47(49)41-21-11-20-40-39-17-4-8-25-51(39)66-58(40)41)59-62-60(44-22-12-28-54-56(44)42-18-5-9-26-52(42)67-54)64-61(63-59)45-23-13-29-55-57(45)43-19-6-10-27-53(43)68-55/h1-34H. The van der Waals surface area contributed by atoms with Crippen LogP contribution in [0.1, 0.15) is 0 Å². The SMILES string of the molecule is c1ccc2cc3c(cc2c1)c1ccccc1n3-c1ccc(-c2nc(-c3cccc4sc5ccccc5c34)nc(-c3cccc4sc5ccccc5c34)n2)cc1-c1cccc2c1oc1ccccc12. The van der Waals surface area contributed by atoms with E-state index in [-0.39, 0.29) is 0 Å². The minimum absolute atomic E-state index is 0.593. The van der Waals surface area contributed by atoms with Crippen LogP contribution in [0.3, 0.4) is 0 Å². The van der Waals surface area contributed by atoms with Gasteiger partial charge in [0, 0.05) is 89.7 Å². The van der Waals surface area contributed by atoms with E-state index in [1.54, 1.807) is 22.7 Å². The first-order valence-corrected chi connectivity index (χ1v) is 24.4. The number of thiophene rings is 2. The molecule has 0 N–H and O–H groups in total. The molecular formula is C61H34N4OS2. The van der Waals surface area contributed by atoms with Gasteiger partial charge in [-0.2, -0.15) is 0 Å². The summed E-state index contributed by atoms with van der Waals surface area (Å²) in [7, 11) is 0. The molecule has 0 aliphatic heterocycles. The fourth-order valence-electron chi connectivity index (χ4n) is 10.6. The number of hydrogen-bond acceptors (Lipinski definition) is 6. The molecule has 0 saturated heterocycles. The van der Waals surface area contributed by atoms with Gasteiger partial charge in [0.05, 0.1) is 16.7 Å². The molecule has 0 bridgehead atoms. The van der Waals surface area contributed by atoms with Crippen molar-refractivity contribution >= 4 is 118 Å². The normalized spacial score (nSPS) is 12.1. The van der Waals surface area contributed by atoms with Gasteiger partial charge >= 0.3 is 0 Å². The molecule has 316 valence electrons. The second kappa shape index (κ2) is 14.5. The van der Waals surface area contributed by atoms with E-state index in [1.165, 1.54) is 51.1 Å². The Labute approximate surface area is 396 Å². The van der Waals surface area contributed by atoms with Crippen LogP contribution in [-0.2, 0) is 0 Å². The smallest absolute Gasteiger partial charge is 0.164 e. The van der Waals surface area contributed by atoms with E-state index in [1.807, 2.05) is 6.07 Å². The van der Waals surface area contributed by atoms with Crippen molar-refractivity contribution in [3.63, 3.8) is 0 Å². The van der Waals surface area contributed by atoms with Crippen molar-refractivity contribution in [2.24, 2.45) is 0 Å². The van der Waals surface area contributed by atoms with E-state index in [0.717, 1.165) is 77.2 Å². The van der Waals surface area contributed by atoms with Crippen molar-refractivity contribution in [2.75, 3.05) is 0 Å². The molecule has 0 radical (unpaired) electrons. The molecule has 15 aromatic rings. The van der Waals surface area contributed by atoms with Gasteiger partial charge in [0.2, 0.25) is 0 Å². The third-order valence-electron chi connectivity index (χ3n) is 13.7. The highest BCUT2D eigenvalue weighted by molar-refractivity contribution is 7.26. The van der Waals surface area contributed by atoms with Crippen LogP contribution in [0.25, 0.3) is 146 Å². The van der Waals surface area contributed by atoms with Gasteiger partial charge < -0.3 is 8.98 Å². The van der Waals surface area contributed by atoms with Crippen LogP contribution in [0, 0.1) is 0 Å². The highest BCUT2D eigenvalue weighted by Gasteiger charge is 2.23. The Kier molecular flexibility index (Phi) is 8.04. The molecule has 5 heterocycles. The van der Waals surface area contributed by atoms with Gasteiger partial charge in [0.15, 0.2) is 17.5 Å². The molecule has 0 unspecified atom stereocenters. The summed E-state index contributed by atoms with van der Waals surface area (Å²) >= 11 is 3.60. The van der Waals surface area contributed by atoms with Crippen molar-refractivity contribution in [3.05, 3.63) is 206 Å². The van der Waals surface area contributed by atoms with Crippen LogP contribution in [0.15, 0.2) is 211 Å². The van der Waals surface area contributed by atoms with Gasteiger partial charge in [-0.3, -0.25) is 0 Å². The first kappa shape index (κ1) is 37.7. The summed E-state index contributed by atoms with van der Waals surface area (Å²) in [6.45, 7) is 0. The highest BCUT2D eigenvalue weighted by atomic mass is 32.1. The van der Waals surface area contributed by atoms with Crippen LogP contribution in [0.5, 0.6) is 0 Å². The number of rotatable bonds is 5. The van der Waals surface area contributed by atoms with Crippen LogP contribution in [0.2, 0.25) is 0 Å². The predicted molar refractivity (Wildman–Crippen MR) is 286 cm³/mol. The Bertz CT molecular complexity index is 4460. The second-order valence-corrected chi connectivity index (χ2v) is 19.6. The van der Waals surface area contributed by atoms with Crippen LogP contribution in [0.4, 0.5) is 0 Å². The van der Waals surface area contributed by atoms with Crippen molar-refractivity contribution < 1.29 is 4.42 Å². The Balaban J connectivity index is 1.04. The van der Waals surface area contributed by atoms with E-state index in [4.69, 9.17) is 19.4 Å². The first-order chi connectivity index (χ1) is 33.7. The van der Waals surface area contributed by atoms with Crippen molar-refractivity contribution in [3.8, 4) is 51.0 Å². The molecule has 0 amide bonds. The van der Waals surface area contributed by atoms with Crippen molar-refractivity contribution in [1.29, 1.82) is 0 Å². The van der Waals surface area contributed by atoms with Crippen LogP contribution in [-0.4, -0.2) is 19.5 Å². The third kappa shape index (κ3) is 5.57. The van der Waals surface area contributed by atoms with E-state index < -0.39 is 0 Å². The maximum atomic E-state index is 6.83. The van der Waals surface area contributed by atoms with E-state index in [9.17, 15) is 0 Å². The molecule has 0 fully saturated rings. The number of aromatic nitrogens is 4. The van der Waals surface area contributed by atoms with E-state index in [0.29, 0.717) is 17.5 Å². The van der Waals surface area contributed by atoms with Gasteiger partial charge in [-0.1, -0.05) is 140 Å². The molecule has 0 saturated carbocycles. The number of benzene rings is 10. The van der Waals surface area contributed by atoms with E-state index in [2.05, 4.69) is 205 Å².